The number of hydrogen-bond acceptors (Lipinski definition) is 2. The second kappa shape index (κ2) is 6.11. The van der Waals surface area contributed by atoms with Gasteiger partial charge in [0.05, 0.1) is 6.61 Å². The topological polar surface area (TPSA) is 26.3 Å². The van der Waals surface area contributed by atoms with E-state index in [1.165, 1.54) is 0 Å². The average Bonchev–Trinajstić information content (AvgIpc) is 2.31. The quantitative estimate of drug-likeness (QED) is 0.560. The highest BCUT2D eigenvalue weighted by molar-refractivity contribution is 5.89. The van der Waals surface area contributed by atoms with Crippen LogP contribution in [-0.4, -0.2) is 12.6 Å². The monoisotopic (exact) mass is 218 g/mol. The smallest absolute Gasteiger partial charge is 0.334 e. The lowest BCUT2D eigenvalue weighted by molar-refractivity contribution is -0.138. The van der Waals surface area contributed by atoms with Crippen LogP contribution in [0.25, 0.3) is 0 Å². The molecule has 1 aromatic rings. The molecule has 0 saturated heterocycles. The SMILES string of the molecule is C=C(C(=O)OCC)[C@@H](CC)c1ccccc1. The lowest BCUT2D eigenvalue weighted by Crippen LogP contribution is -2.13. The van der Waals surface area contributed by atoms with Gasteiger partial charge in [-0.05, 0) is 18.9 Å². The van der Waals surface area contributed by atoms with Gasteiger partial charge in [-0.2, -0.15) is 0 Å². The molecule has 0 aliphatic carbocycles. The van der Waals surface area contributed by atoms with Crippen molar-refractivity contribution in [3.05, 3.63) is 48.0 Å². The molecule has 0 aromatic heterocycles. The van der Waals surface area contributed by atoms with E-state index in [0.717, 1.165) is 12.0 Å². The molecule has 0 radical (unpaired) electrons. The Balaban J connectivity index is 2.83. The van der Waals surface area contributed by atoms with Crippen LogP contribution in [0.3, 0.4) is 0 Å². The van der Waals surface area contributed by atoms with Crippen LogP contribution in [0.1, 0.15) is 31.7 Å². The van der Waals surface area contributed by atoms with Crippen LogP contribution in [-0.2, 0) is 9.53 Å². The van der Waals surface area contributed by atoms with Crippen molar-refractivity contribution in [2.75, 3.05) is 6.61 Å². The van der Waals surface area contributed by atoms with E-state index in [2.05, 4.69) is 6.58 Å². The fraction of sp³-hybridized carbons (Fsp3) is 0.357. The molecular weight excluding hydrogens is 200 g/mol. The zero-order valence-electron chi connectivity index (χ0n) is 9.90. The summed E-state index contributed by atoms with van der Waals surface area (Å²) in [6.45, 7) is 8.08. The molecule has 0 aliphatic heterocycles. The Bertz CT molecular complexity index is 354. The van der Waals surface area contributed by atoms with Crippen molar-refractivity contribution in [1.29, 1.82) is 0 Å². The summed E-state index contributed by atoms with van der Waals surface area (Å²) in [5.74, 6) is -0.238. The molecule has 0 N–H and O–H groups in total. The van der Waals surface area contributed by atoms with Gasteiger partial charge in [0.1, 0.15) is 0 Å². The van der Waals surface area contributed by atoms with Crippen molar-refractivity contribution in [3.63, 3.8) is 0 Å². The van der Waals surface area contributed by atoms with E-state index in [-0.39, 0.29) is 11.9 Å². The minimum absolute atomic E-state index is 0.0558. The van der Waals surface area contributed by atoms with E-state index in [1.807, 2.05) is 37.3 Å². The van der Waals surface area contributed by atoms with Gasteiger partial charge in [0.2, 0.25) is 0 Å². The molecular formula is C14H18O2. The zero-order valence-corrected chi connectivity index (χ0v) is 9.90. The van der Waals surface area contributed by atoms with Crippen LogP contribution in [0.15, 0.2) is 42.5 Å². The molecule has 0 heterocycles. The maximum absolute atomic E-state index is 11.6. The van der Waals surface area contributed by atoms with Gasteiger partial charge in [0.25, 0.3) is 0 Å². The van der Waals surface area contributed by atoms with Gasteiger partial charge in [-0.3, -0.25) is 0 Å². The third kappa shape index (κ3) is 2.96. The highest BCUT2D eigenvalue weighted by Crippen LogP contribution is 2.27. The molecule has 0 bridgehead atoms. The summed E-state index contributed by atoms with van der Waals surface area (Å²) in [7, 11) is 0. The summed E-state index contributed by atoms with van der Waals surface area (Å²) in [6, 6.07) is 9.92. The molecule has 0 fully saturated rings. The highest BCUT2D eigenvalue weighted by Gasteiger charge is 2.19. The fourth-order valence-electron chi connectivity index (χ4n) is 1.73. The molecule has 0 aliphatic rings. The molecule has 16 heavy (non-hydrogen) atoms. The van der Waals surface area contributed by atoms with E-state index in [0.29, 0.717) is 12.2 Å². The molecule has 1 rings (SSSR count). The van der Waals surface area contributed by atoms with Crippen molar-refractivity contribution in [3.8, 4) is 0 Å². The van der Waals surface area contributed by atoms with E-state index in [1.54, 1.807) is 6.92 Å². The van der Waals surface area contributed by atoms with E-state index in [9.17, 15) is 4.79 Å². The predicted octanol–water partition coefficient (Wildman–Crippen LogP) is 3.30. The maximum atomic E-state index is 11.6. The van der Waals surface area contributed by atoms with Crippen molar-refractivity contribution in [2.24, 2.45) is 0 Å². The molecule has 2 nitrogen and oxygen atoms in total. The molecule has 0 amide bonds. The number of esters is 1. The zero-order chi connectivity index (χ0) is 12.0. The second-order valence-electron chi connectivity index (χ2n) is 3.62. The number of carbonyl (C=O) groups excluding carboxylic acids is 1. The average molecular weight is 218 g/mol. The van der Waals surface area contributed by atoms with Crippen LogP contribution in [0.2, 0.25) is 0 Å². The number of rotatable bonds is 5. The van der Waals surface area contributed by atoms with Crippen LogP contribution in [0, 0.1) is 0 Å². The first-order valence-electron chi connectivity index (χ1n) is 5.61. The molecule has 0 saturated carbocycles. The fourth-order valence-corrected chi connectivity index (χ4v) is 1.73. The predicted molar refractivity (Wildman–Crippen MR) is 65.2 cm³/mol. The van der Waals surface area contributed by atoms with E-state index < -0.39 is 0 Å². The second-order valence-corrected chi connectivity index (χ2v) is 3.62. The molecule has 1 aromatic carbocycles. The van der Waals surface area contributed by atoms with Crippen LogP contribution in [0.5, 0.6) is 0 Å². The van der Waals surface area contributed by atoms with Gasteiger partial charge >= 0.3 is 5.97 Å². The van der Waals surface area contributed by atoms with Gasteiger partial charge in [-0.25, -0.2) is 4.79 Å². The van der Waals surface area contributed by atoms with Gasteiger partial charge in [0, 0.05) is 11.5 Å². The van der Waals surface area contributed by atoms with Crippen molar-refractivity contribution < 1.29 is 9.53 Å². The van der Waals surface area contributed by atoms with E-state index in [4.69, 9.17) is 4.74 Å². The standard InChI is InChI=1S/C14H18O2/c1-4-13(11(3)14(15)16-5-2)12-9-7-6-8-10-12/h6-10,13H,3-5H2,1-2H3/t13-/m1/s1. The van der Waals surface area contributed by atoms with Crippen LogP contribution < -0.4 is 0 Å². The minimum atomic E-state index is -0.293. The summed E-state index contributed by atoms with van der Waals surface area (Å²) in [6.07, 6.45) is 0.849. The lowest BCUT2D eigenvalue weighted by atomic mass is 9.90. The lowest BCUT2D eigenvalue weighted by Gasteiger charge is -2.16. The normalized spacial score (nSPS) is 11.9. The molecule has 0 unspecified atom stereocenters. The van der Waals surface area contributed by atoms with Gasteiger partial charge in [0.15, 0.2) is 0 Å². The summed E-state index contributed by atoms with van der Waals surface area (Å²) in [4.78, 5) is 11.6. The van der Waals surface area contributed by atoms with Gasteiger partial charge in [-0.15, -0.1) is 0 Å². The Kier molecular flexibility index (Phi) is 4.77. The number of hydrogen-bond donors (Lipinski definition) is 0. The molecule has 86 valence electrons. The third-order valence-electron chi connectivity index (χ3n) is 2.57. The Labute approximate surface area is 96.9 Å². The molecule has 1 atom stereocenters. The number of benzene rings is 1. The third-order valence-corrected chi connectivity index (χ3v) is 2.57. The Morgan fingerprint density at radius 1 is 1.31 bits per heavy atom. The van der Waals surface area contributed by atoms with Gasteiger partial charge in [-0.1, -0.05) is 43.8 Å². The van der Waals surface area contributed by atoms with Crippen molar-refractivity contribution >= 4 is 5.97 Å². The number of carbonyl (C=O) groups is 1. The maximum Gasteiger partial charge on any atom is 0.334 e. The Hall–Kier alpha value is -1.57. The highest BCUT2D eigenvalue weighted by atomic mass is 16.5. The molecule has 2 heteroatoms. The van der Waals surface area contributed by atoms with Crippen molar-refractivity contribution in [2.45, 2.75) is 26.2 Å². The first kappa shape index (κ1) is 12.5. The van der Waals surface area contributed by atoms with Gasteiger partial charge < -0.3 is 4.74 Å². The Morgan fingerprint density at radius 3 is 2.44 bits per heavy atom. The van der Waals surface area contributed by atoms with Crippen LogP contribution in [0.4, 0.5) is 0 Å². The largest absolute Gasteiger partial charge is 0.463 e. The summed E-state index contributed by atoms with van der Waals surface area (Å²) >= 11 is 0. The summed E-state index contributed by atoms with van der Waals surface area (Å²) in [5.41, 5.74) is 1.65. The number of ether oxygens (including phenoxy) is 1. The van der Waals surface area contributed by atoms with Crippen molar-refractivity contribution in [1.82, 2.24) is 0 Å². The molecule has 0 spiro atoms. The first-order valence-corrected chi connectivity index (χ1v) is 5.61. The van der Waals surface area contributed by atoms with E-state index >= 15 is 0 Å². The Morgan fingerprint density at radius 2 is 1.94 bits per heavy atom. The van der Waals surface area contributed by atoms with Crippen LogP contribution >= 0.6 is 0 Å². The summed E-state index contributed by atoms with van der Waals surface area (Å²) < 4.78 is 4.97. The first-order chi connectivity index (χ1) is 7.70. The minimum Gasteiger partial charge on any atom is -0.463 e. The summed E-state index contributed by atoms with van der Waals surface area (Å²) in [5, 5.41) is 0.